The molecule has 23 heavy (non-hydrogen) atoms. The molecular weight excluding hydrogens is 294 g/mol. The number of H-pyrrole nitrogens is 1. The van der Waals surface area contributed by atoms with Crippen molar-refractivity contribution in [2.75, 3.05) is 13.2 Å². The predicted molar refractivity (Wildman–Crippen MR) is 85.0 cm³/mol. The van der Waals surface area contributed by atoms with Gasteiger partial charge >= 0.3 is 0 Å². The molecule has 2 aromatic rings. The van der Waals surface area contributed by atoms with E-state index in [0.717, 1.165) is 17.8 Å². The Bertz CT molecular complexity index is 642. The smallest absolute Gasteiger partial charge is 0.253 e. The maximum Gasteiger partial charge on any atom is 0.253 e. The van der Waals surface area contributed by atoms with Gasteiger partial charge in [0.1, 0.15) is 6.10 Å². The van der Waals surface area contributed by atoms with Crippen LogP contribution in [0.2, 0.25) is 0 Å². The second-order valence-electron chi connectivity index (χ2n) is 5.63. The van der Waals surface area contributed by atoms with Crippen LogP contribution in [0.4, 0.5) is 0 Å². The summed E-state index contributed by atoms with van der Waals surface area (Å²) in [5.74, 6) is -0.0814. The second kappa shape index (κ2) is 7.39. The van der Waals surface area contributed by atoms with E-state index in [0.29, 0.717) is 25.4 Å². The number of aromatic nitrogens is 2. The number of amides is 1. The van der Waals surface area contributed by atoms with E-state index in [-0.39, 0.29) is 18.1 Å². The van der Waals surface area contributed by atoms with Crippen LogP contribution in [-0.2, 0) is 16.1 Å². The summed E-state index contributed by atoms with van der Waals surface area (Å²) in [6, 6.07) is 7.44. The number of hydrogen-bond acceptors (Lipinski definition) is 4. The molecule has 2 aromatic heterocycles. The van der Waals surface area contributed by atoms with Gasteiger partial charge in [0.05, 0.1) is 30.5 Å². The van der Waals surface area contributed by atoms with Crippen molar-refractivity contribution in [3.63, 3.8) is 0 Å². The van der Waals surface area contributed by atoms with Gasteiger partial charge in [0.15, 0.2) is 0 Å². The minimum Gasteiger partial charge on any atom is -0.379 e. The van der Waals surface area contributed by atoms with Gasteiger partial charge in [-0.25, -0.2) is 0 Å². The number of ether oxygens (including phenoxy) is 2. The molecule has 0 aliphatic carbocycles. The van der Waals surface area contributed by atoms with Gasteiger partial charge in [0.2, 0.25) is 0 Å². The summed E-state index contributed by atoms with van der Waals surface area (Å²) < 4.78 is 11.4. The lowest BCUT2D eigenvalue weighted by atomic mass is 10.1. The number of nitrogens with one attached hydrogen (secondary N) is 2. The Kier molecular flexibility index (Phi) is 5.05. The van der Waals surface area contributed by atoms with E-state index in [1.54, 1.807) is 18.5 Å². The Morgan fingerprint density at radius 3 is 3.13 bits per heavy atom. The fourth-order valence-electron chi connectivity index (χ4n) is 2.66. The molecule has 3 heterocycles. The summed E-state index contributed by atoms with van der Waals surface area (Å²) >= 11 is 0. The topological polar surface area (TPSA) is 76.2 Å². The Morgan fingerprint density at radius 1 is 1.48 bits per heavy atom. The van der Waals surface area contributed by atoms with E-state index < -0.39 is 0 Å². The van der Waals surface area contributed by atoms with E-state index in [1.807, 2.05) is 25.1 Å². The van der Waals surface area contributed by atoms with Crippen molar-refractivity contribution < 1.29 is 14.3 Å². The molecule has 1 fully saturated rings. The van der Waals surface area contributed by atoms with E-state index >= 15 is 0 Å². The van der Waals surface area contributed by atoms with Crippen LogP contribution >= 0.6 is 0 Å². The third kappa shape index (κ3) is 3.97. The molecule has 2 N–H and O–H groups in total. The van der Waals surface area contributed by atoms with Crippen molar-refractivity contribution in [1.29, 1.82) is 0 Å². The molecule has 2 atom stereocenters. The van der Waals surface area contributed by atoms with Gasteiger partial charge < -0.3 is 19.8 Å². The monoisotopic (exact) mass is 315 g/mol. The van der Waals surface area contributed by atoms with Crippen molar-refractivity contribution in [3.05, 3.63) is 53.6 Å². The van der Waals surface area contributed by atoms with E-state index in [2.05, 4.69) is 15.3 Å². The molecule has 1 amide bonds. The van der Waals surface area contributed by atoms with Crippen LogP contribution in [0.25, 0.3) is 0 Å². The van der Waals surface area contributed by atoms with Crippen LogP contribution in [0.1, 0.15) is 28.2 Å². The van der Waals surface area contributed by atoms with Gasteiger partial charge in [-0.15, -0.1) is 0 Å². The molecule has 6 heteroatoms. The van der Waals surface area contributed by atoms with Gasteiger partial charge in [0, 0.05) is 24.7 Å². The molecule has 0 saturated carbocycles. The Balaban J connectivity index is 1.60. The van der Waals surface area contributed by atoms with E-state index in [9.17, 15) is 4.79 Å². The van der Waals surface area contributed by atoms with Gasteiger partial charge in [-0.05, 0) is 31.5 Å². The van der Waals surface area contributed by atoms with Gasteiger partial charge in [-0.1, -0.05) is 6.07 Å². The highest BCUT2D eigenvalue weighted by molar-refractivity contribution is 5.95. The summed E-state index contributed by atoms with van der Waals surface area (Å²) in [7, 11) is 0. The van der Waals surface area contributed by atoms with Crippen LogP contribution in [0, 0.1) is 6.92 Å². The standard InChI is InChI=1S/C17H21N3O3/c1-12-14(5-8-18-12)17(21)20-15-6-9-22-11-16(15)23-10-13-4-2-3-7-19-13/h2-5,7-8,15-16,18H,6,9-11H2,1H3,(H,20,21)/t15-,16-/m1/s1. The maximum atomic E-state index is 12.4. The van der Waals surface area contributed by atoms with Crippen LogP contribution in [0.15, 0.2) is 36.7 Å². The van der Waals surface area contributed by atoms with E-state index in [1.165, 1.54) is 0 Å². The molecule has 6 nitrogen and oxygen atoms in total. The Morgan fingerprint density at radius 2 is 2.39 bits per heavy atom. The lowest BCUT2D eigenvalue weighted by Gasteiger charge is -2.32. The van der Waals surface area contributed by atoms with Crippen LogP contribution in [0.3, 0.4) is 0 Å². The zero-order valence-electron chi connectivity index (χ0n) is 13.1. The predicted octanol–water partition coefficient (Wildman–Crippen LogP) is 1.82. The van der Waals surface area contributed by atoms with Crippen molar-refractivity contribution in [1.82, 2.24) is 15.3 Å². The SMILES string of the molecule is Cc1[nH]ccc1C(=O)N[C@@H]1CCOC[C@H]1OCc1ccccn1. The quantitative estimate of drug-likeness (QED) is 0.882. The summed E-state index contributed by atoms with van der Waals surface area (Å²) in [5.41, 5.74) is 2.39. The minimum absolute atomic E-state index is 0.0609. The molecule has 0 radical (unpaired) electrons. The fourth-order valence-corrected chi connectivity index (χ4v) is 2.66. The highest BCUT2D eigenvalue weighted by Crippen LogP contribution is 2.15. The molecule has 1 saturated heterocycles. The average Bonchev–Trinajstić information content (AvgIpc) is 3.01. The molecule has 0 aromatic carbocycles. The molecule has 0 spiro atoms. The molecule has 1 aliphatic heterocycles. The number of rotatable bonds is 5. The maximum absolute atomic E-state index is 12.4. The summed E-state index contributed by atoms with van der Waals surface area (Å²) in [4.78, 5) is 19.6. The van der Waals surface area contributed by atoms with Crippen LogP contribution in [0.5, 0.6) is 0 Å². The molecule has 3 rings (SSSR count). The van der Waals surface area contributed by atoms with E-state index in [4.69, 9.17) is 9.47 Å². The number of nitrogens with zero attached hydrogens (tertiary/aromatic N) is 1. The number of carbonyl (C=O) groups excluding carboxylic acids is 1. The van der Waals surface area contributed by atoms with Crippen molar-refractivity contribution >= 4 is 5.91 Å². The molecule has 122 valence electrons. The first-order valence-electron chi connectivity index (χ1n) is 7.78. The molecule has 1 aliphatic rings. The third-order valence-corrected chi connectivity index (χ3v) is 3.99. The van der Waals surface area contributed by atoms with Gasteiger partial charge in [-0.3, -0.25) is 9.78 Å². The summed E-state index contributed by atoms with van der Waals surface area (Å²) in [6.07, 6.45) is 4.07. The third-order valence-electron chi connectivity index (χ3n) is 3.99. The summed E-state index contributed by atoms with van der Waals surface area (Å²) in [6.45, 7) is 3.39. The number of aromatic amines is 1. The first kappa shape index (κ1) is 15.7. The average molecular weight is 315 g/mol. The zero-order valence-corrected chi connectivity index (χ0v) is 13.1. The van der Waals surface area contributed by atoms with Gasteiger partial charge in [0.25, 0.3) is 5.91 Å². The first-order chi connectivity index (χ1) is 11.2. The first-order valence-corrected chi connectivity index (χ1v) is 7.78. The molecular formula is C17H21N3O3. The minimum atomic E-state index is -0.172. The normalized spacial score (nSPS) is 21.1. The van der Waals surface area contributed by atoms with Crippen LogP contribution in [-0.4, -0.2) is 41.2 Å². The summed E-state index contributed by atoms with van der Waals surface area (Å²) in [5, 5.41) is 3.06. The highest BCUT2D eigenvalue weighted by Gasteiger charge is 2.28. The largest absolute Gasteiger partial charge is 0.379 e. The second-order valence-corrected chi connectivity index (χ2v) is 5.63. The Hall–Kier alpha value is -2.18. The Labute approximate surface area is 135 Å². The number of pyridine rings is 1. The molecule has 0 bridgehead atoms. The number of hydrogen-bond donors (Lipinski definition) is 2. The van der Waals surface area contributed by atoms with Crippen LogP contribution < -0.4 is 5.32 Å². The van der Waals surface area contributed by atoms with Crippen molar-refractivity contribution in [3.8, 4) is 0 Å². The lowest BCUT2D eigenvalue weighted by molar-refractivity contribution is -0.0743. The van der Waals surface area contributed by atoms with Crippen molar-refractivity contribution in [2.45, 2.75) is 32.1 Å². The van der Waals surface area contributed by atoms with Gasteiger partial charge in [-0.2, -0.15) is 0 Å². The zero-order chi connectivity index (χ0) is 16.1. The lowest BCUT2D eigenvalue weighted by Crippen LogP contribution is -2.50. The molecule has 0 unspecified atom stereocenters. The number of carbonyl (C=O) groups is 1. The fraction of sp³-hybridized carbons (Fsp3) is 0.412. The van der Waals surface area contributed by atoms with Crippen molar-refractivity contribution in [2.24, 2.45) is 0 Å². The number of aryl methyl sites for hydroxylation is 1. The highest BCUT2D eigenvalue weighted by atomic mass is 16.5.